The normalized spacial score (nSPS) is 14.3. The molecule has 0 unspecified atom stereocenters. The van der Waals surface area contributed by atoms with Crippen LogP contribution in [0.25, 0.3) is 0 Å². The molecule has 0 aromatic rings. The Balaban J connectivity index is 2.53. The van der Waals surface area contributed by atoms with Crippen molar-refractivity contribution in [1.29, 1.82) is 0 Å². The number of nitrogens with zero attached hydrogens (tertiary/aromatic N) is 2. The topological polar surface area (TPSA) is 47.6 Å². The molecule has 0 aliphatic carbocycles. The summed E-state index contributed by atoms with van der Waals surface area (Å²) in [5, 5.41) is 2.74. The van der Waals surface area contributed by atoms with E-state index in [9.17, 15) is 4.79 Å². The second kappa shape index (κ2) is 3.77. The molecule has 0 radical (unpaired) electrons. The Kier molecular flexibility index (Phi) is 2.71. The first kappa shape index (κ1) is 8.61. The summed E-state index contributed by atoms with van der Waals surface area (Å²) in [5.41, 5.74) is 5.47. The van der Waals surface area contributed by atoms with Gasteiger partial charge in [0.25, 0.3) is 0 Å². The van der Waals surface area contributed by atoms with Gasteiger partial charge in [0.15, 0.2) is 0 Å². The van der Waals surface area contributed by atoms with Crippen molar-refractivity contribution >= 4 is 6.03 Å². The third-order valence-electron chi connectivity index (χ3n) is 1.48. The number of carbonyl (C=O) groups is 1. The maximum atomic E-state index is 11.4. The van der Waals surface area contributed by atoms with Gasteiger partial charge in [-0.25, -0.2) is 15.2 Å². The number of hydrogen-bond donors (Lipinski definition) is 2. The summed E-state index contributed by atoms with van der Waals surface area (Å²) >= 11 is 0. The largest absolute Gasteiger partial charge is 0.356 e. The molecule has 0 fully saturated rings. The van der Waals surface area contributed by atoms with Crippen molar-refractivity contribution in [3.63, 3.8) is 0 Å². The zero-order valence-corrected chi connectivity index (χ0v) is 7.11. The summed E-state index contributed by atoms with van der Waals surface area (Å²) in [6.45, 7) is 0. The van der Waals surface area contributed by atoms with Crippen LogP contribution in [0.15, 0.2) is 24.6 Å². The SMILES string of the molecule is CNN(C)C(=O)N1C=CC=CN1. The van der Waals surface area contributed by atoms with E-state index in [1.165, 1.54) is 10.0 Å². The number of allylic oxidation sites excluding steroid dienone is 2. The molecule has 0 aromatic heterocycles. The van der Waals surface area contributed by atoms with E-state index in [4.69, 9.17) is 0 Å². The van der Waals surface area contributed by atoms with Gasteiger partial charge in [-0.2, -0.15) is 0 Å². The van der Waals surface area contributed by atoms with E-state index in [1.807, 2.05) is 6.08 Å². The number of carbonyl (C=O) groups excluding carboxylic acids is 1. The van der Waals surface area contributed by atoms with E-state index in [1.54, 1.807) is 32.6 Å². The molecule has 0 saturated carbocycles. The van der Waals surface area contributed by atoms with E-state index in [-0.39, 0.29) is 6.03 Å². The van der Waals surface area contributed by atoms with Crippen molar-refractivity contribution in [2.24, 2.45) is 0 Å². The van der Waals surface area contributed by atoms with Gasteiger partial charge in [-0.15, -0.1) is 0 Å². The number of hydrazine groups is 2. The first-order valence-corrected chi connectivity index (χ1v) is 3.59. The van der Waals surface area contributed by atoms with Gasteiger partial charge in [-0.3, -0.25) is 10.4 Å². The average Bonchev–Trinajstić information content (AvgIpc) is 2.17. The first-order valence-electron chi connectivity index (χ1n) is 3.59. The molecule has 0 spiro atoms. The molecule has 1 heterocycles. The van der Waals surface area contributed by atoms with Crippen LogP contribution in [0.2, 0.25) is 0 Å². The fourth-order valence-electron chi connectivity index (χ4n) is 0.734. The fourth-order valence-corrected chi connectivity index (χ4v) is 0.734. The van der Waals surface area contributed by atoms with Gasteiger partial charge >= 0.3 is 6.03 Å². The predicted octanol–water partition coefficient (Wildman–Crippen LogP) is 0.0202. The molecular formula is C7H12N4O. The molecule has 5 heteroatoms. The maximum Gasteiger partial charge on any atom is 0.356 e. The van der Waals surface area contributed by atoms with Crippen molar-refractivity contribution in [2.45, 2.75) is 0 Å². The second-order valence-electron chi connectivity index (χ2n) is 2.26. The highest BCUT2D eigenvalue weighted by atomic mass is 16.2. The van der Waals surface area contributed by atoms with E-state index in [0.717, 1.165) is 0 Å². The monoisotopic (exact) mass is 168 g/mol. The third kappa shape index (κ3) is 1.76. The second-order valence-corrected chi connectivity index (χ2v) is 2.26. The van der Waals surface area contributed by atoms with E-state index >= 15 is 0 Å². The molecule has 1 aliphatic rings. The summed E-state index contributed by atoms with van der Waals surface area (Å²) in [6.07, 6.45) is 6.92. The third-order valence-corrected chi connectivity index (χ3v) is 1.48. The van der Waals surface area contributed by atoms with Crippen LogP contribution in [0, 0.1) is 0 Å². The van der Waals surface area contributed by atoms with Gasteiger partial charge in [0.05, 0.1) is 0 Å². The van der Waals surface area contributed by atoms with Crippen molar-refractivity contribution in [1.82, 2.24) is 20.9 Å². The standard InChI is InChI=1S/C7H12N4O/c1-8-10(2)7(12)11-6-4-3-5-9-11/h3-6,8-9H,1-2H3. The van der Waals surface area contributed by atoms with Gasteiger partial charge in [-0.05, 0) is 12.2 Å². The van der Waals surface area contributed by atoms with Crippen molar-refractivity contribution in [2.75, 3.05) is 14.1 Å². The van der Waals surface area contributed by atoms with E-state index in [0.29, 0.717) is 0 Å². The molecule has 0 bridgehead atoms. The van der Waals surface area contributed by atoms with Crippen LogP contribution < -0.4 is 10.9 Å². The highest BCUT2D eigenvalue weighted by Crippen LogP contribution is 1.96. The van der Waals surface area contributed by atoms with Crippen LogP contribution >= 0.6 is 0 Å². The molecular weight excluding hydrogens is 156 g/mol. The molecule has 2 amide bonds. The minimum absolute atomic E-state index is 0.168. The van der Waals surface area contributed by atoms with Crippen LogP contribution in [-0.4, -0.2) is 30.1 Å². The lowest BCUT2D eigenvalue weighted by Crippen LogP contribution is -2.48. The lowest BCUT2D eigenvalue weighted by Gasteiger charge is -2.25. The summed E-state index contributed by atoms with van der Waals surface area (Å²) in [5.74, 6) is 0. The Morgan fingerprint density at radius 3 is 2.83 bits per heavy atom. The summed E-state index contributed by atoms with van der Waals surface area (Å²) < 4.78 is 0. The van der Waals surface area contributed by atoms with Gasteiger partial charge in [0.2, 0.25) is 0 Å². The van der Waals surface area contributed by atoms with Gasteiger partial charge in [0, 0.05) is 26.5 Å². The quantitative estimate of drug-likeness (QED) is 0.543. The van der Waals surface area contributed by atoms with E-state index in [2.05, 4.69) is 10.9 Å². The predicted molar refractivity (Wildman–Crippen MR) is 45.5 cm³/mol. The molecule has 5 nitrogen and oxygen atoms in total. The van der Waals surface area contributed by atoms with E-state index < -0.39 is 0 Å². The molecule has 0 aromatic carbocycles. The highest BCUT2D eigenvalue weighted by Gasteiger charge is 2.13. The summed E-state index contributed by atoms with van der Waals surface area (Å²) in [6, 6.07) is -0.168. The Labute approximate surface area is 71.3 Å². The zero-order valence-electron chi connectivity index (χ0n) is 7.11. The average molecular weight is 168 g/mol. The molecule has 12 heavy (non-hydrogen) atoms. The minimum atomic E-state index is -0.168. The smallest absolute Gasteiger partial charge is 0.298 e. The van der Waals surface area contributed by atoms with Crippen LogP contribution in [0.1, 0.15) is 0 Å². The maximum absolute atomic E-state index is 11.4. The Morgan fingerprint density at radius 1 is 1.58 bits per heavy atom. The summed E-state index contributed by atoms with van der Waals surface area (Å²) in [4.78, 5) is 11.4. The van der Waals surface area contributed by atoms with Gasteiger partial charge < -0.3 is 0 Å². The van der Waals surface area contributed by atoms with Gasteiger partial charge in [0.1, 0.15) is 0 Å². The zero-order chi connectivity index (χ0) is 8.97. The van der Waals surface area contributed by atoms with Crippen LogP contribution in [0.3, 0.4) is 0 Å². The number of urea groups is 1. The van der Waals surface area contributed by atoms with Crippen LogP contribution in [-0.2, 0) is 0 Å². The summed E-state index contributed by atoms with van der Waals surface area (Å²) in [7, 11) is 3.33. The minimum Gasteiger partial charge on any atom is -0.298 e. The van der Waals surface area contributed by atoms with Crippen molar-refractivity contribution < 1.29 is 4.79 Å². The molecule has 2 N–H and O–H groups in total. The Bertz CT molecular complexity index is 223. The number of nitrogens with one attached hydrogen (secondary N) is 2. The number of hydrogen-bond acceptors (Lipinski definition) is 3. The molecule has 66 valence electrons. The Hall–Kier alpha value is -1.49. The van der Waals surface area contributed by atoms with Crippen molar-refractivity contribution in [3.05, 3.63) is 24.6 Å². The first-order chi connectivity index (χ1) is 5.75. The fraction of sp³-hybridized carbons (Fsp3) is 0.286. The Morgan fingerprint density at radius 2 is 2.33 bits per heavy atom. The van der Waals surface area contributed by atoms with Gasteiger partial charge in [-0.1, -0.05) is 0 Å². The number of rotatable bonds is 1. The highest BCUT2D eigenvalue weighted by molar-refractivity contribution is 5.74. The molecule has 0 atom stereocenters. The molecule has 1 aliphatic heterocycles. The number of amides is 2. The molecule has 0 saturated heterocycles. The van der Waals surface area contributed by atoms with Crippen LogP contribution in [0.4, 0.5) is 4.79 Å². The van der Waals surface area contributed by atoms with Crippen molar-refractivity contribution in [3.8, 4) is 0 Å². The lowest BCUT2D eigenvalue weighted by atomic mass is 10.5. The molecule has 1 rings (SSSR count). The lowest BCUT2D eigenvalue weighted by molar-refractivity contribution is 0.154. The van der Waals surface area contributed by atoms with Crippen LogP contribution in [0.5, 0.6) is 0 Å².